The molecule has 0 saturated heterocycles. The summed E-state index contributed by atoms with van der Waals surface area (Å²) in [5.41, 5.74) is 1.11. The molecule has 0 unspecified atom stereocenters. The molecule has 20 heavy (non-hydrogen) atoms. The number of nitrogens with zero attached hydrogens (tertiary/aromatic N) is 1. The maximum Gasteiger partial charge on any atom is 0.323 e. The van der Waals surface area contributed by atoms with Gasteiger partial charge >= 0.3 is 11.9 Å². The zero-order chi connectivity index (χ0) is 15.0. The first-order valence-corrected chi connectivity index (χ1v) is 7.76. The van der Waals surface area contributed by atoms with Crippen LogP contribution in [0.3, 0.4) is 0 Å². The van der Waals surface area contributed by atoms with Gasteiger partial charge in [0.2, 0.25) is 0 Å². The molecule has 0 aliphatic carbocycles. The quantitative estimate of drug-likeness (QED) is 0.545. The Labute approximate surface area is 123 Å². The van der Waals surface area contributed by atoms with E-state index in [0.29, 0.717) is 18.5 Å². The minimum absolute atomic E-state index is 0.224. The Morgan fingerprint density at radius 2 is 1.80 bits per heavy atom. The molecule has 1 heterocycles. The summed E-state index contributed by atoms with van der Waals surface area (Å²) in [5.74, 6) is -1.04. The fourth-order valence-corrected chi connectivity index (χ4v) is 2.68. The molecule has 112 valence electrons. The molecule has 0 radical (unpaired) electrons. The van der Waals surface area contributed by atoms with Crippen LogP contribution < -0.4 is 0 Å². The molecule has 0 N–H and O–H groups in total. The normalized spacial score (nSPS) is 11.2. The van der Waals surface area contributed by atoms with E-state index in [1.54, 1.807) is 19.4 Å². The van der Waals surface area contributed by atoms with Gasteiger partial charge < -0.3 is 9.47 Å². The Balaban J connectivity index is 3.10. The van der Waals surface area contributed by atoms with Gasteiger partial charge in [0, 0.05) is 11.8 Å². The second-order valence-corrected chi connectivity index (χ2v) is 5.15. The zero-order valence-corrected chi connectivity index (χ0v) is 13.0. The van der Waals surface area contributed by atoms with Crippen molar-refractivity contribution in [3.63, 3.8) is 0 Å². The lowest BCUT2D eigenvalue weighted by Gasteiger charge is -2.28. The highest BCUT2D eigenvalue weighted by molar-refractivity contribution is 7.07. The molecule has 0 fully saturated rings. The van der Waals surface area contributed by atoms with Crippen LogP contribution in [0.1, 0.15) is 39.3 Å². The molecule has 0 aromatic carbocycles. The average molecular weight is 299 g/mol. The van der Waals surface area contributed by atoms with E-state index in [-0.39, 0.29) is 19.6 Å². The lowest BCUT2D eigenvalue weighted by atomic mass is 9.79. The molecular weight excluding hydrogens is 278 g/mol. The maximum atomic E-state index is 12.4. The Morgan fingerprint density at radius 3 is 2.20 bits per heavy atom. The summed E-state index contributed by atoms with van der Waals surface area (Å²) in [6.45, 7) is 5.85. The number of hydrogen-bond donors (Lipinski definition) is 0. The molecule has 1 aromatic heterocycles. The Morgan fingerprint density at radius 1 is 1.20 bits per heavy atom. The summed E-state index contributed by atoms with van der Waals surface area (Å²) in [5, 5.41) is 1.84. The smallest absolute Gasteiger partial charge is 0.323 e. The second kappa shape index (κ2) is 7.99. The molecule has 1 rings (SSSR count). The summed E-state index contributed by atoms with van der Waals surface area (Å²) in [6.07, 6.45) is 1.30. The van der Waals surface area contributed by atoms with Crippen molar-refractivity contribution in [3.05, 3.63) is 16.6 Å². The summed E-state index contributed by atoms with van der Waals surface area (Å²) >= 11 is 1.43. The van der Waals surface area contributed by atoms with Crippen molar-refractivity contribution < 1.29 is 19.1 Å². The summed E-state index contributed by atoms with van der Waals surface area (Å²) < 4.78 is 10.2. The summed E-state index contributed by atoms with van der Waals surface area (Å²) in [4.78, 5) is 28.9. The fraction of sp³-hybridized carbons (Fsp3) is 0.643. The monoisotopic (exact) mass is 299 g/mol. The first kappa shape index (κ1) is 16.6. The number of ether oxygens (including phenoxy) is 2. The molecule has 0 spiro atoms. The van der Waals surface area contributed by atoms with E-state index >= 15 is 0 Å². The molecule has 5 nitrogen and oxygen atoms in total. The van der Waals surface area contributed by atoms with Crippen LogP contribution in [0.4, 0.5) is 0 Å². The number of hydrogen-bond acceptors (Lipinski definition) is 6. The topological polar surface area (TPSA) is 65.5 Å². The fourth-order valence-electron chi connectivity index (χ4n) is 2.12. The number of aromatic nitrogens is 1. The minimum atomic E-state index is -1.28. The highest BCUT2D eigenvalue weighted by Crippen LogP contribution is 2.32. The van der Waals surface area contributed by atoms with Crippen LogP contribution in [0.5, 0.6) is 0 Å². The Bertz CT molecular complexity index is 412. The molecule has 0 bridgehead atoms. The first-order valence-electron chi connectivity index (χ1n) is 6.82. The molecular formula is C14H21NO4S. The second-order valence-electron chi connectivity index (χ2n) is 4.43. The van der Waals surface area contributed by atoms with Crippen LogP contribution in [-0.2, 0) is 25.5 Å². The minimum Gasteiger partial charge on any atom is -0.465 e. The zero-order valence-electron chi connectivity index (χ0n) is 12.2. The van der Waals surface area contributed by atoms with Gasteiger partial charge in [-0.15, -0.1) is 11.3 Å². The standard InChI is InChI=1S/C14H21NO4S/c1-4-7-14(12(16)18-5-2,13(17)19-6-3)8-11-9-20-10-15-11/h9-10H,4-8H2,1-3H3. The van der Waals surface area contributed by atoms with Crippen LogP contribution in [-0.4, -0.2) is 30.1 Å². The van der Waals surface area contributed by atoms with Gasteiger partial charge in [0.25, 0.3) is 0 Å². The van der Waals surface area contributed by atoms with E-state index in [2.05, 4.69) is 4.98 Å². The van der Waals surface area contributed by atoms with Gasteiger partial charge in [-0.1, -0.05) is 13.3 Å². The van der Waals surface area contributed by atoms with E-state index in [1.165, 1.54) is 11.3 Å². The van der Waals surface area contributed by atoms with E-state index < -0.39 is 17.4 Å². The predicted molar refractivity (Wildman–Crippen MR) is 76.4 cm³/mol. The number of carbonyl (C=O) groups excluding carboxylic acids is 2. The molecule has 0 aliphatic heterocycles. The highest BCUT2D eigenvalue weighted by atomic mass is 32.1. The molecule has 0 saturated carbocycles. The maximum absolute atomic E-state index is 12.4. The lowest BCUT2D eigenvalue weighted by Crippen LogP contribution is -2.44. The van der Waals surface area contributed by atoms with Crippen LogP contribution in [0.15, 0.2) is 10.9 Å². The lowest BCUT2D eigenvalue weighted by molar-refractivity contribution is -0.172. The largest absolute Gasteiger partial charge is 0.465 e. The van der Waals surface area contributed by atoms with Crippen molar-refractivity contribution in [1.82, 2.24) is 4.98 Å². The van der Waals surface area contributed by atoms with Crippen molar-refractivity contribution in [1.29, 1.82) is 0 Å². The van der Waals surface area contributed by atoms with Gasteiger partial charge in [-0.05, 0) is 20.3 Å². The van der Waals surface area contributed by atoms with E-state index in [4.69, 9.17) is 9.47 Å². The van der Waals surface area contributed by atoms with Crippen molar-refractivity contribution in [3.8, 4) is 0 Å². The van der Waals surface area contributed by atoms with Gasteiger partial charge in [0.1, 0.15) is 0 Å². The third-order valence-corrected chi connectivity index (χ3v) is 3.61. The van der Waals surface area contributed by atoms with Crippen molar-refractivity contribution in [2.75, 3.05) is 13.2 Å². The average Bonchev–Trinajstić information content (AvgIpc) is 2.91. The third-order valence-electron chi connectivity index (χ3n) is 2.98. The molecule has 1 aromatic rings. The van der Waals surface area contributed by atoms with Crippen LogP contribution in [0.25, 0.3) is 0 Å². The van der Waals surface area contributed by atoms with Gasteiger partial charge in [-0.3, -0.25) is 9.59 Å². The van der Waals surface area contributed by atoms with Gasteiger partial charge in [0.15, 0.2) is 5.41 Å². The number of carbonyl (C=O) groups is 2. The van der Waals surface area contributed by atoms with E-state index in [0.717, 1.165) is 0 Å². The Hall–Kier alpha value is -1.43. The van der Waals surface area contributed by atoms with Crippen LogP contribution in [0, 0.1) is 5.41 Å². The predicted octanol–water partition coefficient (Wildman–Crippen LogP) is 2.60. The molecule has 0 atom stereocenters. The van der Waals surface area contributed by atoms with Crippen molar-refractivity contribution in [2.45, 2.75) is 40.0 Å². The first-order chi connectivity index (χ1) is 9.60. The van der Waals surface area contributed by atoms with Gasteiger partial charge in [-0.25, -0.2) is 4.98 Å². The highest BCUT2D eigenvalue weighted by Gasteiger charge is 2.48. The van der Waals surface area contributed by atoms with Gasteiger partial charge in [0.05, 0.1) is 24.4 Å². The Kier molecular flexibility index (Phi) is 6.64. The van der Waals surface area contributed by atoms with Gasteiger partial charge in [-0.2, -0.15) is 0 Å². The summed E-state index contributed by atoms with van der Waals surface area (Å²) in [6, 6.07) is 0. The molecule has 6 heteroatoms. The molecule has 0 amide bonds. The third kappa shape index (κ3) is 3.79. The number of thiazole rings is 1. The van der Waals surface area contributed by atoms with E-state index in [9.17, 15) is 9.59 Å². The molecule has 0 aliphatic rings. The van der Waals surface area contributed by atoms with Crippen LogP contribution in [0.2, 0.25) is 0 Å². The van der Waals surface area contributed by atoms with Crippen molar-refractivity contribution in [2.24, 2.45) is 5.41 Å². The SMILES string of the molecule is CCCC(Cc1cscn1)(C(=O)OCC)C(=O)OCC. The number of esters is 2. The van der Waals surface area contributed by atoms with Crippen molar-refractivity contribution >= 4 is 23.3 Å². The van der Waals surface area contributed by atoms with Crippen LogP contribution >= 0.6 is 11.3 Å². The summed E-state index contributed by atoms with van der Waals surface area (Å²) in [7, 11) is 0. The number of rotatable bonds is 8. The van der Waals surface area contributed by atoms with E-state index in [1.807, 2.05) is 12.3 Å².